The molecule has 4 nitrogen and oxygen atoms in total. The maximum Gasteiger partial charge on any atom is 0.112 e. The van der Waals surface area contributed by atoms with Crippen LogP contribution in [0, 0.1) is 0 Å². The van der Waals surface area contributed by atoms with Crippen molar-refractivity contribution in [3.8, 4) is 0 Å². The molecule has 0 radical (unpaired) electrons. The Morgan fingerprint density at radius 1 is 0.591 bits per heavy atom. The van der Waals surface area contributed by atoms with Crippen LogP contribution in [0.1, 0.15) is 76.2 Å². The number of hydrogen-bond donors (Lipinski definition) is 1. The Morgan fingerprint density at radius 3 is 1.23 bits per heavy atom. The summed E-state index contributed by atoms with van der Waals surface area (Å²) in [6.45, 7) is 21.7. The molecular formula is C18H38O4. The predicted molar refractivity (Wildman–Crippen MR) is 91.2 cm³/mol. The van der Waals surface area contributed by atoms with E-state index in [0.717, 1.165) is 0 Å². The molecule has 0 aliphatic heterocycles. The number of aliphatic hydroxyl groups excluding tert-OH is 1. The normalized spacial score (nSPS) is 19.6. The van der Waals surface area contributed by atoms with Crippen LogP contribution in [0.25, 0.3) is 0 Å². The Labute approximate surface area is 137 Å². The maximum absolute atomic E-state index is 10.7. The third kappa shape index (κ3) is 9.78. The first-order valence-electron chi connectivity index (χ1n) is 8.23. The van der Waals surface area contributed by atoms with Crippen molar-refractivity contribution in [1.29, 1.82) is 0 Å². The van der Waals surface area contributed by atoms with Gasteiger partial charge in [-0.15, -0.1) is 0 Å². The highest BCUT2D eigenvalue weighted by Gasteiger charge is 2.37. The summed E-state index contributed by atoms with van der Waals surface area (Å²) >= 11 is 0. The Morgan fingerprint density at radius 2 is 0.909 bits per heavy atom. The zero-order chi connectivity index (χ0) is 17.9. The smallest absolute Gasteiger partial charge is 0.112 e. The van der Waals surface area contributed by atoms with E-state index in [1.54, 1.807) is 0 Å². The lowest BCUT2D eigenvalue weighted by Gasteiger charge is -2.40. The Hall–Kier alpha value is -0.160. The molecule has 0 aliphatic carbocycles. The monoisotopic (exact) mass is 318 g/mol. The Kier molecular flexibility index (Phi) is 7.55. The summed E-state index contributed by atoms with van der Waals surface area (Å²) in [5, 5.41) is 10.7. The van der Waals surface area contributed by atoms with Gasteiger partial charge < -0.3 is 19.3 Å². The van der Waals surface area contributed by atoms with Crippen LogP contribution < -0.4 is 0 Å². The van der Waals surface area contributed by atoms with E-state index in [-0.39, 0.29) is 29.0 Å². The van der Waals surface area contributed by atoms with Gasteiger partial charge in [-0.3, -0.25) is 0 Å². The first-order valence-corrected chi connectivity index (χ1v) is 8.23. The molecule has 4 atom stereocenters. The minimum atomic E-state index is -0.768. The molecule has 0 aromatic rings. The molecular weight excluding hydrogens is 280 g/mol. The topological polar surface area (TPSA) is 47.9 Å². The zero-order valence-corrected chi connectivity index (χ0v) is 16.5. The van der Waals surface area contributed by atoms with Gasteiger partial charge in [0.15, 0.2) is 0 Å². The molecule has 4 unspecified atom stereocenters. The highest BCUT2D eigenvalue weighted by Crippen LogP contribution is 2.25. The highest BCUT2D eigenvalue weighted by atomic mass is 16.6. The molecule has 0 spiro atoms. The molecule has 0 fully saturated rings. The van der Waals surface area contributed by atoms with Crippen molar-refractivity contribution in [2.24, 2.45) is 0 Å². The first kappa shape index (κ1) is 21.8. The molecule has 0 bridgehead atoms. The molecule has 0 rings (SSSR count). The molecule has 0 aliphatic rings. The van der Waals surface area contributed by atoms with Gasteiger partial charge >= 0.3 is 0 Å². The molecule has 0 saturated heterocycles. The summed E-state index contributed by atoms with van der Waals surface area (Å²) < 4.78 is 18.0. The highest BCUT2D eigenvalue weighted by molar-refractivity contribution is 4.85. The third-order valence-electron chi connectivity index (χ3n) is 2.85. The molecule has 0 aromatic carbocycles. The predicted octanol–water partition coefficient (Wildman–Crippen LogP) is 3.94. The molecule has 22 heavy (non-hydrogen) atoms. The lowest BCUT2D eigenvalue weighted by Crippen LogP contribution is -2.51. The quantitative estimate of drug-likeness (QED) is 0.806. The van der Waals surface area contributed by atoms with Crippen LogP contribution in [-0.4, -0.2) is 46.3 Å². The van der Waals surface area contributed by atoms with E-state index >= 15 is 0 Å². The van der Waals surface area contributed by atoms with Crippen LogP contribution in [0.3, 0.4) is 0 Å². The second-order valence-electron chi connectivity index (χ2n) is 9.06. The first-order chi connectivity index (χ1) is 9.52. The summed E-state index contributed by atoms with van der Waals surface area (Å²) in [4.78, 5) is 0. The lowest BCUT2D eigenvalue weighted by molar-refractivity contribution is -0.215. The van der Waals surface area contributed by atoms with E-state index in [0.29, 0.717) is 0 Å². The van der Waals surface area contributed by atoms with Crippen molar-refractivity contribution in [2.45, 2.75) is 117 Å². The molecule has 1 N–H and O–H groups in total. The van der Waals surface area contributed by atoms with Gasteiger partial charge in [-0.25, -0.2) is 0 Å². The van der Waals surface area contributed by atoms with Gasteiger partial charge in [0.05, 0.1) is 29.0 Å². The van der Waals surface area contributed by atoms with Crippen LogP contribution in [0.5, 0.6) is 0 Å². The SMILES string of the molecule is CC(OC(C)(C)C)C(O)C(OC(C)(C)C)C(C)OC(C)(C)C. The largest absolute Gasteiger partial charge is 0.388 e. The fraction of sp³-hybridized carbons (Fsp3) is 1.00. The maximum atomic E-state index is 10.7. The minimum Gasteiger partial charge on any atom is -0.388 e. The van der Waals surface area contributed by atoms with E-state index in [1.165, 1.54) is 0 Å². The minimum absolute atomic E-state index is 0.250. The molecule has 0 saturated carbocycles. The van der Waals surface area contributed by atoms with Crippen molar-refractivity contribution in [1.82, 2.24) is 0 Å². The van der Waals surface area contributed by atoms with Crippen LogP contribution >= 0.6 is 0 Å². The van der Waals surface area contributed by atoms with Crippen molar-refractivity contribution in [2.75, 3.05) is 0 Å². The Bertz CT molecular complexity index is 319. The van der Waals surface area contributed by atoms with E-state index < -0.39 is 12.2 Å². The van der Waals surface area contributed by atoms with Crippen LogP contribution in [0.15, 0.2) is 0 Å². The molecule has 0 aromatic heterocycles. The second kappa shape index (κ2) is 7.61. The van der Waals surface area contributed by atoms with Crippen molar-refractivity contribution >= 4 is 0 Å². The third-order valence-corrected chi connectivity index (χ3v) is 2.85. The van der Waals surface area contributed by atoms with Crippen LogP contribution in [-0.2, 0) is 14.2 Å². The number of ether oxygens (including phenoxy) is 3. The van der Waals surface area contributed by atoms with Crippen molar-refractivity contribution in [3.05, 3.63) is 0 Å². The standard InChI is InChI=1S/C18H38O4/c1-12(20-16(3,4)5)14(19)15(22-18(9,10)11)13(2)21-17(6,7)8/h12-15,19H,1-11H3. The van der Waals surface area contributed by atoms with Gasteiger partial charge in [0.2, 0.25) is 0 Å². The van der Waals surface area contributed by atoms with Gasteiger partial charge in [-0.1, -0.05) is 0 Å². The van der Waals surface area contributed by atoms with E-state index in [2.05, 4.69) is 0 Å². The summed E-state index contributed by atoms with van der Waals surface area (Å²) in [5.74, 6) is 0. The summed E-state index contributed by atoms with van der Waals surface area (Å²) in [6, 6.07) is 0. The fourth-order valence-corrected chi connectivity index (χ4v) is 2.37. The van der Waals surface area contributed by atoms with Gasteiger partial charge in [0.1, 0.15) is 12.2 Å². The fourth-order valence-electron chi connectivity index (χ4n) is 2.37. The van der Waals surface area contributed by atoms with Gasteiger partial charge in [0.25, 0.3) is 0 Å². The number of hydrogen-bond acceptors (Lipinski definition) is 4. The summed E-state index contributed by atoms with van der Waals surface area (Å²) in [5.41, 5.74) is -0.990. The average Bonchev–Trinajstić information content (AvgIpc) is 2.18. The lowest BCUT2D eigenvalue weighted by atomic mass is 10.0. The van der Waals surface area contributed by atoms with Crippen molar-refractivity contribution < 1.29 is 19.3 Å². The summed E-state index contributed by atoms with van der Waals surface area (Å²) in [7, 11) is 0. The van der Waals surface area contributed by atoms with Crippen molar-refractivity contribution in [3.63, 3.8) is 0 Å². The van der Waals surface area contributed by atoms with Gasteiger partial charge in [0, 0.05) is 0 Å². The van der Waals surface area contributed by atoms with E-state index in [4.69, 9.17) is 14.2 Å². The molecule has 4 heteroatoms. The molecule has 134 valence electrons. The zero-order valence-electron chi connectivity index (χ0n) is 16.5. The molecule has 0 heterocycles. The average molecular weight is 318 g/mol. The number of rotatable bonds is 6. The molecule has 0 amide bonds. The van der Waals surface area contributed by atoms with Gasteiger partial charge in [-0.2, -0.15) is 0 Å². The summed E-state index contributed by atoms with van der Waals surface area (Å²) in [6.07, 6.45) is -1.83. The van der Waals surface area contributed by atoms with Crippen LogP contribution in [0.4, 0.5) is 0 Å². The van der Waals surface area contributed by atoms with E-state index in [1.807, 2.05) is 76.2 Å². The Balaban J connectivity index is 5.13. The van der Waals surface area contributed by atoms with E-state index in [9.17, 15) is 5.11 Å². The van der Waals surface area contributed by atoms with Crippen LogP contribution in [0.2, 0.25) is 0 Å². The second-order valence-corrected chi connectivity index (χ2v) is 9.06. The number of aliphatic hydroxyl groups is 1. The van der Waals surface area contributed by atoms with Gasteiger partial charge in [-0.05, 0) is 76.2 Å².